The molecule has 0 amide bonds. The van der Waals surface area contributed by atoms with Gasteiger partial charge in [0.1, 0.15) is 11.3 Å². The van der Waals surface area contributed by atoms with Crippen LogP contribution >= 0.6 is 11.3 Å². The summed E-state index contributed by atoms with van der Waals surface area (Å²) >= 11 is 0.496. The summed E-state index contributed by atoms with van der Waals surface area (Å²) in [6.07, 6.45) is -4.59. The van der Waals surface area contributed by atoms with Gasteiger partial charge in [0, 0.05) is 10.1 Å². The number of benzene rings is 2. The van der Waals surface area contributed by atoms with Crippen molar-refractivity contribution in [2.45, 2.75) is 12.2 Å². The van der Waals surface area contributed by atoms with Crippen LogP contribution in [0.3, 0.4) is 0 Å². The molecule has 3 aromatic rings. The quantitative estimate of drug-likeness (QED) is 0.438. The number of hydrogen-bond donors (Lipinski definition) is 3. The summed E-state index contributed by atoms with van der Waals surface area (Å²) in [4.78, 5) is 35.3. The Hall–Kier alpha value is -3.24. The Labute approximate surface area is 164 Å². The van der Waals surface area contributed by atoms with Crippen molar-refractivity contribution in [1.82, 2.24) is 0 Å². The van der Waals surface area contributed by atoms with Gasteiger partial charge in [-0.05, 0) is 29.3 Å². The molecule has 29 heavy (non-hydrogen) atoms. The van der Waals surface area contributed by atoms with Gasteiger partial charge in [0.25, 0.3) is 0 Å². The number of carbonyl (C=O) groups is 2. The van der Waals surface area contributed by atoms with E-state index >= 15 is 0 Å². The van der Waals surface area contributed by atoms with Crippen LogP contribution in [0.4, 0.5) is 13.2 Å². The molecule has 0 aliphatic carbocycles. The van der Waals surface area contributed by atoms with Crippen LogP contribution in [0.25, 0.3) is 21.2 Å². The molecule has 0 spiro atoms. The van der Waals surface area contributed by atoms with Crippen molar-refractivity contribution in [3.8, 4) is 16.9 Å². The minimum atomic E-state index is -4.59. The van der Waals surface area contributed by atoms with Crippen molar-refractivity contribution in [2.24, 2.45) is 5.73 Å². The molecule has 2 aromatic carbocycles. The molecule has 3 rings (SSSR count). The Morgan fingerprint density at radius 1 is 1.10 bits per heavy atom. The summed E-state index contributed by atoms with van der Waals surface area (Å²) in [6.45, 7) is 0. The van der Waals surface area contributed by atoms with E-state index in [-0.39, 0.29) is 21.2 Å². The maximum Gasteiger partial charge on any atom is 0.417 e. The Bertz CT molecular complexity index is 1200. The number of Topliss-reactive ketones (excluding diaryl/α,β-unsaturated/α-hetero) is 1. The molecule has 1 aromatic heterocycles. The third-order valence-corrected chi connectivity index (χ3v) is 5.17. The van der Waals surface area contributed by atoms with E-state index in [0.29, 0.717) is 11.3 Å². The number of ketones is 1. The van der Waals surface area contributed by atoms with Gasteiger partial charge in [0.05, 0.1) is 5.56 Å². The number of halogens is 3. The molecule has 1 atom stereocenters. The van der Waals surface area contributed by atoms with E-state index in [1.165, 1.54) is 36.4 Å². The van der Waals surface area contributed by atoms with Crippen LogP contribution in [-0.2, 0) is 11.0 Å². The first-order valence-corrected chi connectivity index (χ1v) is 8.83. The minimum Gasteiger partial charge on any atom is -0.506 e. The molecule has 0 radical (unpaired) electrons. The van der Waals surface area contributed by atoms with E-state index < -0.39 is 45.6 Å². The molecular formula is C19H12F3NO5S. The number of carboxylic acids is 1. The zero-order valence-corrected chi connectivity index (χ0v) is 15.2. The number of aromatic hydroxyl groups is 1. The Morgan fingerprint density at radius 3 is 2.38 bits per heavy atom. The van der Waals surface area contributed by atoms with Gasteiger partial charge in [-0.1, -0.05) is 35.6 Å². The van der Waals surface area contributed by atoms with Gasteiger partial charge in [-0.15, -0.1) is 0 Å². The lowest BCUT2D eigenvalue weighted by atomic mass is 9.98. The first-order valence-electron chi connectivity index (χ1n) is 8.01. The fraction of sp³-hybridized carbons (Fsp3) is 0.105. The van der Waals surface area contributed by atoms with E-state index in [1.54, 1.807) is 0 Å². The molecule has 10 heteroatoms. The van der Waals surface area contributed by atoms with Crippen LogP contribution in [0.1, 0.15) is 15.9 Å². The molecule has 150 valence electrons. The van der Waals surface area contributed by atoms with Crippen molar-refractivity contribution in [1.29, 1.82) is 0 Å². The average Bonchev–Trinajstić information content (AvgIpc) is 2.66. The number of carboxylic acid groups (broad SMARTS) is 1. The zero-order valence-electron chi connectivity index (χ0n) is 14.4. The highest BCUT2D eigenvalue weighted by atomic mass is 32.1. The maximum absolute atomic E-state index is 13.3. The number of fused-ring (bicyclic) bond motifs is 1. The van der Waals surface area contributed by atoms with E-state index in [4.69, 9.17) is 10.8 Å². The molecule has 4 N–H and O–H groups in total. The molecule has 1 unspecified atom stereocenters. The normalized spacial score (nSPS) is 12.7. The highest BCUT2D eigenvalue weighted by Gasteiger charge is 2.33. The third-order valence-electron chi connectivity index (χ3n) is 4.22. The topological polar surface area (TPSA) is 118 Å². The van der Waals surface area contributed by atoms with E-state index in [0.717, 1.165) is 6.07 Å². The Kier molecular flexibility index (Phi) is 5.16. The van der Waals surface area contributed by atoms with Crippen LogP contribution < -0.4 is 10.5 Å². The summed E-state index contributed by atoms with van der Waals surface area (Å²) in [7, 11) is 0. The maximum atomic E-state index is 13.3. The lowest BCUT2D eigenvalue weighted by molar-refractivity contribution is -0.138. The van der Waals surface area contributed by atoms with Gasteiger partial charge >= 0.3 is 12.1 Å². The van der Waals surface area contributed by atoms with Gasteiger partial charge in [-0.25, -0.2) is 0 Å². The fourth-order valence-electron chi connectivity index (χ4n) is 2.82. The molecule has 1 heterocycles. The van der Waals surface area contributed by atoms with Crippen LogP contribution in [0, 0.1) is 0 Å². The number of alkyl halides is 3. The number of aliphatic carboxylic acids is 1. The second kappa shape index (κ2) is 7.30. The molecular weight excluding hydrogens is 411 g/mol. The van der Waals surface area contributed by atoms with Gasteiger partial charge in [0.2, 0.25) is 4.74 Å². The van der Waals surface area contributed by atoms with Crippen LogP contribution in [0.2, 0.25) is 0 Å². The van der Waals surface area contributed by atoms with E-state index in [1.807, 2.05) is 0 Å². The number of rotatable bonds is 4. The Morgan fingerprint density at radius 2 is 1.76 bits per heavy atom. The van der Waals surface area contributed by atoms with Crippen LogP contribution in [0.5, 0.6) is 5.75 Å². The van der Waals surface area contributed by atoms with Crippen molar-refractivity contribution in [2.75, 3.05) is 0 Å². The summed E-state index contributed by atoms with van der Waals surface area (Å²) in [5, 5.41) is 19.2. The predicted octanol–water partition coefficient (Wildman–Crippen LogP) is 3.25. The second-order valence-electron chi connectivity index (χ2n) is 6.05. The smallest absolute Gasteiger partial charge is 0.417 e. The van der Waals surface area contributed by atoms with Gasteiger partial charge in [-0.3, -0.25) is 14.4 Å². The van der Waals surface area contributed by atoms with E-state index in [2.05, 4.69) is 0 Å². The second-order valence-corrected chi connectivity index (χ2v) is 7.06. The molecule has 0 bridgehead atoms. The van der Waals surface area contributed by atoms with Crippen molar-refractivity contribution in [3.63, 3.8) is 0 Å². The monoisotopic (exact) mass is 423 g/mol. The van der Waals surface area contributed by atoms with Crippen LogP contribution in [0.15, 0.2) is 47.3 Å². The lowest BCUT2D eigenvalue weighted by Crippen LogP contribution is -2.40. The molecule has 0 aliphatic heterocycles. The highest BCUT2D eigenvalue weighted by molar-refractivity contribution is 7.16. The van der Waals surface area contributed by atoms with Gasteiger partial charge < -0.3 is 15.9 Å². The molecule has 0 saturated carbocycles. The third kappa shape index (κ3) is 3.71. The van der Waals surface area contributed by atoms with Crippen molar-refractivity contribution < 1.29 is 33.0 Å². The molecule has 0 aliphatic rings. The number of carbonyl (C=O) groups excluding carboxylic acids is 1. The molecule has 0 saturated heterocycles. The first-order chi connectivity index (χ1) is 13.5. The molecule has 0 fully saturated rings. The summed E-state index contributed by atoms with van der Waals surface area (Å²) in [6, 6.07) is 6.70. The van der Waals surface area contributed by atoms with Crippen molar-refractivity contribution >= 4 is 33.2 Å². The molecule has 6 nitrogen and oxygen atoms in total. The fourth-order valence-corrected chi connectivity index (χ4v) is 3.78. The zero-order chi connectivity index (χ0) is 21.5. The van der Waals surface area contributed by atoms with Gasteiger partial charge in [0.15, 0.2) is 11.8 Å². The van der Waals surface area contributed by atoms with Crippen LogP contribution in [-0.4, -0.2) is 28.0 Å². The Balaban J connectivity index is 2.20. The van der Waals surface area contributed by atoms with E-state index in [9.17, 15) is 32.7 Å². The summed E-state index contributed by atoms with van der Waals surface area (Å²) in [5.41, 5.74) is 3.64. The van der Waals surface area contributed by atoms with Crippen molar-refractivity contribution in [3.05, 3.63) is 63.1 Å². The predicted molar refractivity (Wildman–Crippen MR) is 100 cm³/mol. The summed E-state index contributed by atoms with van der Waals surface area (Å²) in [5.74, 6) is -3.69. The minimum absolute atomic E-state index is 0.0174. The highest BCUT2D eigenvalue weighted by Crippen LogP contribution is 2.39. The SMILES string of the molecule is NC(C(=O)O)C(=O)c1c(O)c2ccc(-c3ccccc3C(F)(F)F)cc2sc1=O. The van der Waals surface area contributed by atoms with Gasteiger partial charge in [-0.2, -0.15) is 13.2 Å². The summed E-state index contributed by atoms with van der Waals surface area (Å²) < 4.78 is 39.0. The number of nitrogens with two attached hydrogens (primary N) is 1. The largest absolute Gasteiger partial charge is 0.506 e. The number of hydrogen-bond acceptors (Lipinski definition) is 6. The average molecular weight is 423 g/mol. The lowest BCUT2D eigenvalue weighted by Gasteiger charge is -2.14. The standard InChI is InChI=1S/C19H12F3NO5S/c20-19(21,22)11-4-2-1-3-9(11)8-5-6-10-12(7-8)29-18(28)13(15(10)24)16(25)14(23)17(26)27/h1-7,14,24H,23H2,(H,26,27). The first kappa shape index (κ1) is 20.5.